The molecule has 0 radical (unpaired) electrons. The van der Waals surface area contributed by atoms with Crippen LogP contribution in [0.2, 0.25) is 5.02 Å². The summed E-state index contributed by atoms with van der Waals surface area (Å²) in [4.78, 5) is 12.0. The van der Waals surface area contributed by atoms with Crippen molar-refractivity contribution in [1.82, 2.24) is 10.6 Å². The fourth-order valence-electron chi connectivity index (χ4n) is 3.23. The first-order chi connectivity index (χ1) is 12.6. The number of carbonyl (C=O) groups is 1. The van der Waals surface area contributed by atoms with Gasteiger partial charge in [0, 0.05) is 23.3 Å². The van der Waals surface area contributed by atoms with Gasteiger partial charge in [-0.15, -0.1) is 0 Å². The molecule has 138 valence electrons. The second-order valence-electron chi connectivity index (χ2n) is 6.72. The summed E-state index contributed by atoms with van der Waals surface area (Å²) in [7, 11) is 0. The minimum Gasteiger partial charge on any atom is -0.336 e. The molecule has 1 saturated heterocycles. The highest BCUT2D eigenvalue weighted by atomic mass is 35.5. The van der Waals surface area contributed by atoms with Gasteiger partial charge in [-0.2, -0.15) is 0 Å². The molecule has 2 aromatic carbocycles. The van der Waals surface area contributed by atoms with E-state index in [2.05, 4.69) is 16.0 Å². The summed E-state index contributed by atoms with van der Waals surface area (Å²) in [5.74, 6) is 0.342. The summed E-state index contributed by atoms with van der Waals surface area (Å²) in [6, 6.07) is 13.8. The second kappa shape index (κ2) is 9.01. The van der Waals surface area contributed by atoms with Crippen molar-refractivity contribution in [3.05, 3.63) is 64.9 Å². The van der Waals surface area contributed by atoms with Crippen molar-refractivity contribution < 1.29 is 9.18 Å². The Bertz CT molecular complexity index is 730. The Balaban J connectivity index is 1.37. The molecule has 2 atom stereocenters. The number of anilines is 1. The molecule has 0 aliphatic carbocycles. The fourth-order valence-corrected chi connectivity index (χ4v) is 3.42. The van der Waals surface area contributed by atoms with E-state index in [9.17, 15) is 9.18 Å². The molecule has 3 N–H and O–H groups in total. The van der Waals surface area contributed by atoms with Gasteiger partial charge in [-0.05, 0) is 67.6 Å². The van der Waals surface area contributed by atoms with E-state index in [0.717, 1.165) is 31.4 Å². The third kappa shape index (κ3) is 5.71. The summed E-state index contributed by atoms with van der Waals surface area (Å²) in [6.45, 7) is 1.48. The number of benzene rings is 2. The highest BCUT2D eigenvalue weighted by Crippen LogP contribution is 2.19. The van der Waals surface area contributed by atoms with Crippen LogP contribution in [0.3, 0.4) is 0 Å². The normalized spacial score (nSPS) is 19.8. The highest BCUT2D eigenvalue weighted by Gasteiger charge is 2.21. The number of piperidine rings is 1. The number of nitrogens with one attached hydrogen (secondary N) is 3. The van der Waals surface area contributed by atoms with Crippen LogP contribution in [0.4, 0.5) is 14.9 Å². The van der Waals surface area contributed by atoms with E-state index in [1.807, 2.05) is 12.1 Å². The molecule has 0 saturated carbocycles. The van der Waals surface area contributed by atoms with Crippen LogP contribution in [-0.2, 0) is 6.42 Å². The zero-order chi connectivity index (χ0) is 18.4. The van der Waals surface area contributed by atoms with Crippen LogP contribution in [0, 0.1) is 11.7 Å². The van der Waals surface area contributed by atoms with Crippen molar-refractivity contribution in [2.75, 3.05) is 18.4 Å². The van der Waals surface area contributed by atoms with Crippen LogP contribution in [-0.4, -0.2) is 25.2 Å². The molecule has 2 amide bonds. The number of amides is 2. The molecular formula is C20H23ClFN3O. The molecule has 0 aromatic heterocycles. The van der Waals surface area contributed by atoms with Gasteiger partial charge in [0.15, 0.2) is 0 Å². The molecule has 2 aromatic rings. The maximum atomic E-state index is 13.0. The Morgan fingerprint density at radius 2 is 2.00 bits per heavy atom. The van der Waals surface area contributed by atoms with E-state index in [4.69, 9.17) is 11.6 Å². The van der Waals surface area contributed by atoms with Crippen LogP contribution in [0.1, 0.15) is 18.4 Å². The Labute approximate surface area is 158 Å². The van der Waals surface area contributed by atoms with Crippen molar-refractivity contribution in [3.8, 4) is 0 Å². The standard InChI is InChI=1S/C20H23ClFN3O/c21-16-2-1-3-18(11-16)25-20(26)24-13-19-9-6-15(12-23-19)10-14-4-7-17(22)8-5-14/h1-5,7-8,11,15,19,23H,6,9-10,12-13H2,(H2,24,25,26)/t15-,19-/m1/s1. The SMILES string of the molecule is O=C(NC[C@H]1CC[C@H](Cc2ccc(F)cc2)CN1)Nc1cccc(Cl)c1. The lowest BCUT2D eigenvalue weighted by molar-refractivity contribution is 0.247. The largest absolute Gasteiger partial charge is 0.336 e. The van der Waals surface area contributed by atoms with E-state index in [-0.39, 0.29) is 17.9 Å². The molecule has 1 aliphatic heterocycles. The molecule has 6 heteroatoms. The maximum absolute atomic E-state index is 13.0. The van der Waals surface area contributed by atoms with Crippen molar-refractivity contribution in [1.29, 1.82) is 0 Å². The quantitative estimate of drug-likeness (QED) is 0.733. The van der Waals surface area contributed by atoms with E-state index < -0.39 is 0 Å². The van der Waals surface area contributed by atoms with Crippen LogP contribution >= 0.6 is 11.6 Å². The van der Waals surface area contributed by atoms with Crippen molar-refractivity contribution in [2.45, 2.75) is 25.3 Å². The summed E-state index contributed by atoms with van der Waals surface area (Å²) in [6.07, 6.45) is 3.04. The lowest BCUT2D eigenvalue weighted by Crippen LogP contribution is -2.47. The summed E-state index contributed by atoms with van der Waals surface area (Å²) < 4.78 is 13.0. The number of halogens is 2. The lowest BCUT2D eigenvalue weighted by atomic mass is 9.89. The van der Waals surface area contributed by atoms with Crippen LogP contribution in [0.5, 0.6) is 0 Å². The molecule has 3 rings (SSSR count). The van der Waals surface area contributed by atoms with Gasteiger partial charge in [-0.1, -0.05) is 29.8 Å². The number of urea groups is 1. The molecule has 0 bridgehead atoms. The average Bonchev–Trinajstić information content (AvgIpc) is 2.63. The average molecular weight is 376 g/mol. The minimum absolute atomic E-state index is 0.197. The number of hydrogen-bond acceptors (Lipinski definition) is 2. The van der Waals surface area contributed by atoms with Gasteiger partial charge < -0.3 is 16.0 Å². The van der Waals surface area contributed by atoms with E-state index >= 15 is 0 Å². The third-order valence-electron chi connectivity index (χ3n) is 4.65. The monoisotopic (exact) mass is 375 g/mol. The Hall–Kier alpha value is -2.11. The van der Waals surface area contributed by atoms with Gasteiger partial charge >= 0.3 is 6.03 Å². The van der Waals surface area contributed by atoms with Crippen LogP contribution in [0.25, 0.3) is 0 Å². The molecular weight excluding hydrogens is 353 g/mol. The highest BCUT2D eigenvalue weighted by molar-refractivity contribution is 6.30. The first-order valence-corrected chi connectivity index (χ1v) is 9.24. The second-order valence-corrected chi connectivity index (χ2v) is 7.16. The minimum atomic E-state index is -0.234. The van der Waals surface area contributed by atoms with Crippen LogP contribution in [0.15, 0.2) is 48.5 Å². The smallest absolute Gasteiger partial charge is 0.319 e. The molecule has 1 heterocycles. The van der Waals surface area contributed by atoms with Gasteiger partial charge in [0.1, 0.15) is 5.82 Å². The zero-order valence-corrected chi connectivity index (χ0v) is 15.2. The lowest BCUT2D eigenvalue weighted by Gasteiger charge is -2.30. The summed E-state index contributed by atoms with van der Waals surface area (Å²) in [5, 5.41) is 9.75. The Kier molecular flexibility index (Phi) is 6.47. The topological polar surface area (TPSA) is 53.2 Å². The summed E-state index contributed by atoms with van der Waals surface area (Å²) in [5.41, 5.74) is 1.83. The Morgan fingerprint density at radius 3 is 2.69 bits per heavy atom. The third-order valence-corrected chi connectivity index (χ3v) is 4.88. The van der Waals surface area contributed by atoms with Crippen LogP contribution < -0.4 is 16.0 Å². The van der Waals surface area contributed by atoms with E-state index in [1.54, 1.807) is 24.3 Å². The van der Waals surface area contributed by atoms with Gasteiger partial charge in [0.05, 0.1) is 0 Å². The number of hydrogen-bond donors (Lipinski definition) is 3. The van der Waals surface area contributed by atoms with Crippen molar-refractivity contribution in [2.24, 2.45) is 5.92 Å². The molecule has 0 spiro atoms. The van der Waals surface area contributed by atoms with Gasteiger partial charge in [0.2, 0.25) is 0 Å². The maximum Gasteiger partial charge on any atom is 0.319 e. The number of rotatable bonds is 5. The summed E-state index contributed by atoms with van der Waals surface area (Å²) >= 11 is 5.91. The molecule has 1 fully saturated rings. The van der Waals surface area contributed by atoms with Crippen molar-refractivity contribution >= 4 is 23.3 Å². The first-order valence-electron chi connectivity index (χ1n) is 8.87. The van der Waals surface area contributed by atoms with Gasteiger partial charge in [0.25, 0.3) is 0 Å². The fraction of sp³-hybridized carbons (Fsp3) is 0.350. The predicted molar refractivity (Wildman–Crippen MR) is 103 cm³/mol. The van der Waals surface area contributed by atoms with Gasteiger partial charge in [-0.25, -0.2) is 9.18 Å². The van der Waals surface area contributed by atoms with E-state index in [0.29, 0.717) is 23.2 Å². The first kappa shape index (κ1) is 18.7. The molecule has 4 nitrogen and oxygen atoms in total. The molecule has 0 unspecified atom stereocenters. The zero-order valence-electron chi connectivity index (χ0n) is 14.5. The van der Waals surface area contributed by atoms with Gasteiger partial charge in [-0.3, -0.25) is 0 Å². The number of carbonyl (C=O) groups excluding carboxylic acids is 1. The predicted octanol–water partition coefficient (Wildman–Crippen LogP) is 4.21. The van der Waals surface area contributed by atoms with Crippen molar-refractivity contribution in [3.63, 3.8) is 0 Å². The molecule has 1 aliphatic rings. The Morgan fingerprint density at radius 1 is 1.19 bits per heavy atom. The van der Waals surface area contributed by atoms with E-state index in [1.165, 1.54) is 12.1 Å². The molecule has 26 heavy (non-hydrogen) atoms.